The number of hydrogen-bond acceptors (Lipinski definition) is 2. The van der Waals surface area contributed by atoms with Gasteiger partial charge in [0.25, 0.3) is 0 Å². The van der Waals surface area contributed by atoms with E-state index in [0.29, 0.717) is 16.2 Å². The predicted molar refractivity (Wildman–Crippen MR) is 80.6 cm³/mol. The van der Waals surface area contributed by atoms with E-state index in [4.69, 9.17) is 16.8 Å². The molecule has 0 saturated carbocycles. The summed E-state index contributed by atoms with van der Waals surface area (Å²) in [5.74, 6) is -0.259. The number of allylic oxidation sites excluding steroid dienone is 1. The predicted octanol–water partition coefficient (Wildman–Crippen LogP) is 4.92. The van der Waals surface area contributed by atoms with Crippen LogP contribution in [0.1, 0.15) is 12.5 Å². The lowest BCUT2D eigenvalue weighted by Gasteiger charge is -2.06. The molecule has 0 bridgehead atoms. The molecular weight excluding hydrogens is 277 g/mol. The van der Waals surface area contributed by atoms with Gasteiger partial charge in [-0.05, 0) is 29.7 Å². The van der Waals surface area contributed by atoms with Gasteiger partial charge in [-0.15, -0.1) is 0 Å². The summed E-state index contributed by atoms with van der Waals surface area (Å²) in [6, 6.07) is 13.8. The van der Waals surface area contributed by atoms with E-state index in [0.717, 1.165) is 11.1 Å². The lowest BCUT2D eigenvalue weighted by Crippen LogP contribution is -1.87. The van der Waals surface area contributed by atoms with Crippen molar-refractivity contribution in [3.8, 4) is 11.1 Å². The van der Waals surface area contributed by atoms with Crippen molar-refractivity contribution in [3.63, 3.8) is 0 Å². The van der Waals surface area contributed by atoms with Crippen LogP contribution >= 0.6 is 11.6 Å². The van der Waals surface area contributed by atoms with E-state index in [2.05, 4.69) is 5.16 Å². The van der Waals surface area contributed by atoms with Gasteiger partial charge in [-0.3, -0.25) is 0 Å². The molecule has 0 radical (unpaired) electrons. The normalized spacial score (nSPS) is 12.6. The smallest absolute Gasteiger partial charge is 0.131 e. The third kappa shape index (κ3) is 3.06. The summed E-state index contributed by atoms with van der Waals surface area (Å²) in [5.41, 5.74) is 2.76. The number of rotatable bonds is 3. The zero-order valence-corrected chi connectivity index (χ0v) is 11.6. The van der Waals surface area contributed by atoms with Crippen LogP contribution in [0.25, 0.3) is 16.2 Å². The Morgan fingerprint density at radius 3 is 2.40 bits per heavy atom. The van der Waals surface area contributed by atoms with Gasteiger partial charge in [-0.1, -0.05) is 59.2 Å². The first-order chi connectivity index (χ1) is 9.63. The molecule has 20 heavy (non-hydrogen) atoms. The van der Waals surface area contributed by atoms with Crippen LogP contribution in [0.3, 0.4) is 0 Å². The second-order valence-electron chi connectivity index (χ2n) is 4.30. The first kappa shape index (κ1) is 14.3. The minimum atomic E-state index is -0.259. The van der Waals surface area contributed by atoms with Crippen LogP contribution in [-0.2, 0) is 0 Å². The highest BCUT2D eigenvalue weighted by Crippen LogP contribution is 2.27. The van der Waals surface area contributed by atoms with Crippen molar-refractivity contribution in [3.05, 3.63) is 65.5 Å². The Morgan fingerprint density at radius 2 is 1.80 bits per heavy atom. The molecule has 2 aromatic rings. The van der Waals surface area contributed by atoms with Crippen molar-refractivity contribution in [2.24, 2.45) is 5.16 Å². The Labute approximate surface area is 121 Å². The average molecular weight is 290 g/mol. The molecular formula is C16H13ClFNO. The van der Waals surface area contributed by atoms with Gasteiger partial charge in [0.1, 0.15) is 5.82 Å². The maximum atomic E-state index is 13.7. The Bertz CT molecular complexity index is 662. The Morgan fingerprint density at radius 1 is 1.15 bits per heavy atom. The van der Waals surface area contributed by atoms with Crippen LogP contribution in [0.15, 0.2) is 59.3 Å². The molecule has 0 heterocycles. The maximum Gasteiger partial charge on any atom is 0.131 e. The number of hydrogen-bond donors (Lipinski definition) is 1. The molecule has 0 aliphatic heterocycles. The molecule has 0 saturated heterocycles. The van der Waals surface area contributed by atoms with Gasteiger partial charge >= 0.3 is 0 Å². The summed E-state index contributed by atoms with van der Waals surface area (Å²) in [7, 11) is 0. The van der Waals surface area contributed by atoms with Gasteiger partial charge in [-0.2, -0.15) is 0 Å². The van der Waals surface area contributed by atoms with Crippen molar-refractivity contribution in [2.45, 2.75) is 6.92 Å². The molecule has 4 heteroatoms. The van der Waals surface area contributed by atoms with Crippen molar-refractivity contribution in [2.75, 3.05) is 0 Å². The molecule has 0 spiro atoms. The molecule has 1 N–H and O–H groups in total. The highest BCUT2D eigenvalue weighted by molar-refractivity contribution is 6.50. The molecule has 0 amide bonds. The summed E-state index contributed by atoms with van der Waals surface area (Å²) in [6.45, 7) is 1.74. The molecule has 0 fully saturated rings. The SMILES string of the molecule is CC(/C=N\O)=C(\Cl)c1ccc(-c2ccccc2F)cc1. The molecule has 0 aliphatic rings. The van der Waals surface area contributed by atoms with E-state index in [1.807, 2.05) is 0 Å². The van der Waals surface area contributed by atoms with Gasteiger partial charge in [0.05, 0.1) is 11.2 Å². The van der Waals surface area contributed by atoms with E-state index in [1.54, 1.807) is 49.4 Å². The summed E-state index contributed by atoms with van der Waals surface area (Å²) in [5, 5.41) is 11.9. The molecule has 0 aromatic heterocycles. The molecule has 2 nitrogen and oxygen atoms in total. The van der Waals surface area contributed by atoms with Crippen LogP contribution in [-0.4, -0.2) is 11.4 Å². The minimum absolute atomic E-state index is 0.259. The van der Waals surface area contributed by atoms with Gasteiger partial charge < -0.3 is 5.21 Å². The minimum Gasteiger partial charge on any atom is -0.411 e. The largest absolute Gasteiger partial charge is 0.411 e. The third-order valence-electron chi connectivity index (χ3n) is 2.92. The fraction of sp³-hybridized carbons (Fsp3) is 0.0625. The molecule has 2 aromatic carbocycles. The van der Waals surface area contributed by atoms with Crippen LogP contribution in [0.4, 0.5) is 4.39 Å². The van der Waals surface area contributed by atoms with Crippen molar-refractivity contribution >= 4 is 22.8 Å². The zero-order chi connectivity index (χ0) is 14.5. The molecule has 0 aliphatic carbocycles. The van der Waals surface area contributed by atoms with Gasteiger partial charge in [0, 0.05) is 5.56 Å². The van der Waals surface area contributed by atoms with Crippen molar-refractivity contribution in [1.29, 1.82) is 0 Å². The molecule has 2 rings (SSSR count). The fourth-order valence-electron chi connectivity index (χ4n) is 1.86. The quantitative estimate of drug-likeness (QED) is 0.485. The Balaban J connectivity index is 2.37. The molecule has 0 atom stereocenters. The number of nitrogens with zero attached hydrogens (tertiary/aromatic N) is 1. The second-order valence-corrected chi connectivity index (χ2v) is 4.68. The van der Waals surface area contributed by atoms with Crippen LogP contribution in [0.5, 0.6) is 0 Å². The summed E-state index contributed by atoms with van der Waals surface area (Å²) < 4.78 is 13.7. The Hall–Kier alpha value is -2.13. The van der Waals surface area contributed by atoms with Crippen molar-refractivity contribution in [1.82, 2.24) is 0 Å². The third-order valence-corrected chi connectivity index (χ3v) is 3.44. The van der Waals surface area contributed by atoms with E-state index in [9.17, 15) is 4.39 Å². The summed E-state index contributed by atoms with van der Waals surface area (Å²) in [4.78, 5) is 0. The van der Waals surface area contributed by atoms with E-state index in [-0.39, 0.29) is 5.82 Å². The van der Waals surface area contributed by atoms with Crippen LogP contribution in [0.2, 0.25) is 0 Å². The molecule has 102 valence electrons. The van der Waals surface area contributed by atoms with Crippen molar-refractivity contribution < 1.29 is 9.60 Å². The first-order valence-corrected chi connectivity index (χ1v) is 6.40. The summed E-state index contributed by atoms with van der Waals surface area (Å²) in [6.07, 6.45) is 1.27. The van der Waals surface area contributed by atoms with E-state index >= 15 is 0 Å². The maximum absolute atomic E-state index is 13.7. The number of oxime groups is 1. The number of halogens is 2. The highest BCUT2D eigenvalue weighted by Gasteiger charge is 2.06. The average Bonchev–Trinajstić information content (AvgIpc) is 2.47. The van der Waals surface area contributed by atoms with Gasteiger partial charge in [-0.25, -0.2) is 4.39 Å². The lowest BCUT2D eigenvalue weighted by atomic mass is 10.0. The topological polar surface area (TPSA) is 32.6 Å². The monoisotopic (exact) mass is 289 g/mol. The van der Waals surface area contributed by atoms with E-state index < -0.39 is 0 Å². The standard InChI is InChI=1S/C16H13ClFNO/c1-11(10-19-20)16(17)13-8-6-12(7-9-13)14-4-2-3-5-15(14)18/h2-10,20H,1H3/b16-11+,19-10-. The second kappa shape index (κ2) is 6.35. The highest BCUT2D eigenvalue weighted by atomic mass is 35.5. The number of benzene rings is 2. The Kier molecular flexibility index (Phi) is 4.53. The van der Waals surface area contributed by atoms with Crippen LogP contribution < -0.4 is 0 Å². The lowest BCUT2D eigenvalue weighted by molar-refractivity contribution is 0.321. The summed E-state index contributed by atoms with van der Waals surface area (Å²) >= 11 is 6.17. The fourth-order valence-corrected chi connectivity index (χ4v) is 2.04. The van der Waals surface area contributed by atoms with Crippen LogP contribution in [0, 0.1) is 5.82 Å². The van der Waals surface area contributed by atoms with Gasteiger partial charge in [0.2, 0.25) is 0 Å². The first-order valence-electron chi connectivity index (χ1n) is 6.02. The van der Waals surface area contributed by atoms with Gasteiger partial charge in [0.15, 0.2) is 0 Å². The molecule has 0 unspecified atom stereocenters. The van der Waals surface area contributed by atoms with E-state index in [1.165, 1.54) is 12.3 Å². The zero-order valence-electron chi connectivity index (χ0n) is 10.8.